The van der Waals surface area contributed by atoms with Crippen LogP contribution in [0.2, 0.25) is 0 Å². The molecule has 118 valence electrons. The standard InChI is InChI=1S/C16H19NO5/c1-2-3-8-17-15(18)10-20-16(19)7-5-12-4-6-13-14(9-12)22-11-21-13/h4-7,9H,2-3,8,10-11H2,1H3,(H,17,18). The van der Waals surface area contributed by atoms with Crippen molar-refractivity contribution in [3.05, 3.63) is 29.8 Å². The summed E-state index contributed by atoms with van der Waals surface area (Å²) in [5, 5.41) is 2.67. The lowest BCUT2D eigenvalue weighted by Crippen LogP contribution is -2.29. The van der Waals surface area contributed by atoms with Crippen LogP contribution < -0.4 is 14.8 Å². The van der Waals surface area contributed by atoms with Gasteiger partial charge in [-0.2, -0.15) is 0 Å². The fourth-order valence-corrected chi connectivity index (χ4v) is 1.82. The Hall–Kier alpha value is -2.50. The molecule has 0 radical (unpaired) electrons. The summed E-state index contributed by atoms with van der Waals surface area (Å²) in [6.45, 7) is 2.57. The molecule has 1 amide bonds. The van der Waals surface area contributed by atoms with E-state index in [1.807, 2.05) is 6.92 Å². The van der Waals surface area contributed by atoms with E-state index in [2.05, 4.69) is 5.32 Å². The maximum atomic E-state index is 11.5. The van der Waals surface area contributed by atoms with E-state index in [1.165, 1.54) is 6.08 Å². The fourth-order valence-electron chi connectivity index (χ4n) is 1.82. The minimum Gasteiger partial charge on any atom is -0.454 e. The number of carbonyl (C=O) groups excluding carboxylic acids is 2. The molecule has 0 bridgehead atoms. The number of rotatable bonds is 7. The Morgan fingerprint density at radius 1 is 1.32 bits per heavy atom. The van der Waals surface area contributed by atoms with Crippen LogP contribution >= 0.6 is 0 Å². The molecule has 0 spiro atoms. The van der Waals surface area contributed by atoms with Crippen LogP contribution in [0.15, 0.2) is 24.3 Å². The highest BCUT2D eigenvalue weighted by Crippen LogP contribution is 2.32. The third kappa shape index (κ3) is 4.80. The van der Waals surface area contributed by atoms with Crippen LogP contribution in [0, 0.1) is 0 Å². The van der Waals surface area contributed by atoms with Crippen molar-refractivity contribution in [2.75, 3.05) is 19.9 Å². The minimum atomic E-state index is -0.566. The van der Waals surface area contributed by atoms with Crippen LogP contribution in [-0.4, -0.2) is 31.8 Å². The summed E-state index contributed by atoms with van der Waals surface area (Å²) >= 11 is 0. The van der Waals surface area contributed by atoms with E-state index in [-0.39, 0.29) is 19.3 Å². The number of esters is 1. The number of hydrogen-bond donors (Lipinski definition) is 1. The molecule has 1 aliphatic heterocycles. The van der Waals surface area contributed by atoms with Gasteiger partial charge in [-0.15, -0.1) is 0 Å². The van der Waals surface area contributed by atoms with Crippen LogP contribution in [0.5, 0.6) is 11.5 Å². The van der Waals surface area contributed by atoms with Gasteiger partial charge in [0.1, 0.15) is 0 Å². The first-order valence-electron chi connectivity index (χ1n) is 7.20. The number of amides is 1. The van der Waals surface area contributed by atoms with Gasteiger partial charge in [0.25, 0.3) is 5.91 Å². The molecule has 0 aromatic heterocycles. The van der Waals surface area contributed by atoms with Crippen LogP contribution in [0.3, 0.4) is 0 Å². The van der Waals surface area contributed by atoms with Crippen molar-refractivity contribution >= 4 is 18.0 Å². The normalized spacial score (nSPS) is 12.4. The van der Waals surface area contributed by atoms with Crippen molar-refractivity contribution in [2.24, 2.45) is 0 Å². The average molecular weight is 305 g/mol. The van der Waals surface area contributed by atoms with Crippen molar-refractivity contribution in [1.29, 1.82) is 0 Å². The van der Waals surface area contributed by atoms with Gasteiger partial charge in [-0.25, -0.2) is 4.79 Å². The smallest absolute Gasteiger partial charge is 0.331 e. The zero-order valence-electron chi connectivity index (χ0n) is 12.5. The number of hydrogen-bond acceptors (Lipinski definition) is 5. The van der Waals surface area contributed by atoms with E-state index < -0.39 is 5.97 Å². The molecule has 1 heterocycles. The lowest BCUT2D eigenvalue weighted by molar-refractivity contribution is -0.143. The molecule has 6 nitrogen and oxygen atoms in total. The zero-order chi connectivity index (χ0) is 15.8. The van der Waals surface area contributed by atoms with Gasteiger partial charge in [-0.1, -0.05) is 19.4 Å². The Kier molecular flexibility index (Phi) is 5.82. The number of fused-ring (bicyclic) bond motifs is 1. The minimum absolute atomic E-state index is 0.206. The van der Waals surface area contributed by atoms with Crippen LogP contribution in [0.4, 0.5) is 0 Å². The maximum absolute atomic E-state index is 11.5. The SMILES string of the molecule is CCCCNC(=O)COC(=O)C=Cc1ccc2c(c1)OCO2. The van der Waals surface area contributed by atoms with E-state index in [0.29, 0.717) is 18.0 Å². The third-order valence-electron chi connectivity index (χ3n) is 3.01. The lowest BCUT2D eigenvalue weighted by Gasteiger charge is -2.04. The Balaban J connectivity index is 1.75. The Labute approximate surface area is 129 Å². The molecule has 2 rings (SSSR count). The molecule has 22 heavy (non-hydrogen) atoms. The highest BCUT2D eigenvalue weighted by molar-refractivity contribution is 5.89. The first-order valence-corrected chi connectivity index (χ1v) is 7.20. The van der Waals surface area contributed by atoms with E-state index >= 15 is 0 Å². The monoisotopic (exact) mass is 305 g/mol. The predicted octanol–water partition coefficient (Wildman–Crippen LogP) is 1.89. The Morgan fingerprint density at radius 3 is 2.95 bits per heavy atom. The van der Waals surface area contributed by atoms with E-state index in [4.69, 9.17) is 14.2 Å². The van der Waals surface area contributed by atoms with Gasteiger partial charge in [0, 0.05) is 12.6 Å². The average Bonchev–Trinajstić information content (AvgIpc) is 2.98. The second-order valence-electron chi connectivity index (χ2n) is 4.76. The summed E-state index contributed by atoms with van der Waals surface area (Å²) in [7, 11) is 0. The first kappa shape index (κ1) is 15.9. The van der Waals surface area contributed by atoms with Gasteiger partial charge in [-0.05, 0) is 30.2 Å². The molecule has 1 N–H and O–H groups in total. The van der Waals surface area contributed by atoms with E-state index in [9.17, 15) is 9.59 Å². The predicted molar refractivity (Wildman–Crippen MR) is 80.5 cm³/mol. The van der Waals surface area contributed by atoms with Crippen LogP contribution in [-0.2, 0) is 14.3 Å². The molecule has 0 aliphatic carbocycles. The van der Waals surface area contributed by atoms with Crippen molar-refractivity contribution in [3.63, 3.8) is 0 Å². The number of carbonyl (C=O) groups is 2. The number of nitrogens with one attached hydrogen (secondary N) is 1. The highest BCUT2D eigenvalue weighted by atomic mass is 16.7. The van der Waals surface area contributed by atoms with Crippen molar-refractivity contribution in [3.8, 4) is 11.5 Å². The van der Waals surface area contributed by atoms with Gasteiger partial charge in [0.15, 0.2) is 18.1 Å². The molecule has 0 saturated carbocycles. The summed E-state index contributed by atoms with van der Waals surface area (Å²) in [4.78, 5) is 22.9. The number of benzene rings is 1. The largest absolute Gasteiger partial charge is 0.454 e. The third-order valence-corrected chi connectivity index (χ3v) is 3.01. The molecule has 0 fully saturated rings. The van der Waals surface area contributed by atoms with Crippen molar-refractivity contribution < 1.29 is 23.8 Å². The topological polar surface area (TPSA) is 73.9 Å². The van der Waals surface area contributed by atoms with Crippen LogP contribution in [0.25, 0.3) is 6.08 Å². The van der Waals surface area contributed by atoms with Gasteiger partial charge < -0.3 is 19.5 Å². The second-order valence-corrected chi connectivity index (χ2v) is 4.76. The molecule has 6 heteroatoms. The van der Waals surface area contributed by atoms with Crippen molar-refractivity contribution in [2.45, 2.75) is 19.8 Å². The van der Waals surface area contributed by atoms with E-state index in [1.54, 1.807) is 24.3 Å². The summed E-state index contributed by atoms with van der Waals surface area (Å²) < 4.78 is 15.3. The van der Waals surface area contributed by atoms with Gasteiger partial charge >= 0.3 is 5.97 Å². The lowest BCUT2D eigenvalue weighted by atomic mass is 10.2. The summed E-state index contributed by atoms with van der Waals surface area (Å²) in [5.41, 5.74) is 0.786. The molecule has 1 aromatic carbocycles. The summed E-state index contributed by atoms with van der Waals surface area (Å²) in [6, 6.07) is 5.34. The highest BCUT2D eigenvalue weighted by Gasteiger charge is 2.12. The first-order chi connectivity index (χ1) is 10.7. The van der Waals surface area contributed by atoms with Crippen LogP contribution in [0.1, 0.15) is 25.3 Å². The fraction of sp³-hybridized carbons (Fsp3) is 0.375. The molecule has 1 aliphatic rings. The Bertz CT molecular complexity index is 568. The molecule has 0 unspecified atom stereocenters. The number of ether oxygens (including phenoxy) is 3. The maximum Gasteiger partial charge on any atom is 0.331 e. The zero-order valence-corrected chi connectivity index (χ0v) is 12.5. The molecule has 0 atom stereocenters. The summed E-state index contributed by atoms with van der Waals surface area (Å²) in [6.07, 6.45) is 4.78. The molecular weight excluding hydrogens is 286 g/mol. The summed E-state index contributed by atoms with van der Waals surface area (Å²) in [5.74, 6) is 0.468. The Morgan fingerprint density at radius 2 is 2.14 bits per heavy atom. The van der Waals surface area contributed by atoms with Gasteiger partial charge in [0.05, 0.1) is 0 Å². The van der Waals surface area contributed by atoms with E-state index in [0.717, 1.165) is 18.4 Å². The molecule has 0 saturated heterocycles. The van der Waals surface area contributed by atoms with Gasteiger partial charge in [0.2, 0.25) is 6.79 Å². The van der Waals surface area contributed by atoms with Crippen molar-refractivity contribution in [1.82, 2.24) is 5.32 Å². The molecular formula is C16H19NO5. The van der Waals surface area contributed by atoms with Gasteiger partial charge in [-0.3, -0.25) is 4.79 Å². The number of unbranched alkanes of at least 4 members (excludes halogenated alkanes) is 1. The second kappa shape index (κ2) is 8.07. The molecule has 1 aromatic rings. The quantitative estimate of drug-likeness (QED) is 0.473.